The first-order chi connectivity index (χ1) is 16.4. The Bertz CT molecular complexity index is 1450. The second kappa shape index (κ2) is 10.5. The zero-order valence-corrected chi connectivity index (χ0v) is 20.9. The highest BCUT2D eigenvalue weighted by atomic mass is 79.9. The standard InChI is InChI=1S/C25H17BrCl2FN3O2/c1-2-33-23-9-14(7-16(12-30)25-31-21-6-5-18(29)11-22(21)32-25)8-19(26)24(23)34-13-15-3-4-17(27)10-20(15)28/h3-11H,2,13H2,1H3,(H,31,32)/b16-7-. The minimum Gasteiger partial charge on any atom is -0.490 e. The summed E-state index contributed by atoms with van der Waals surface area (Å²) in [6, 6.07) is 15.1. The zero-order valence-electron chi connectivity index (χ0n) is 17.8. The van der Waals surface area contributed by atoms with Gasteiger partial charge in [-0.1, -0.05) is 29.3 Å². The van der Waals surface area contributed by atoms with E-state index < -0.39 is 0 Å². The molecule has 1 N–H and O–H groups in total. The maximum atomic E-state index is 13.5. The summed E-state index contributed by atoms with van der Waals surface area (Å²) in [5.74, 6) is 0.959. The first kappa shape index (κ1) is 24.1. The van der Waals surface area contributed by atoms with Gasteiger partial charge in [0, 0.05) is 15.6 Å². The Morgan fingerprint density at radius 1 is 1.18 bits per heavy atom. The van der Waals surface area contributed by atoms with Crippen LogP contribution in [0.1, 0.15) is 23.9 Å². The van der Waals surface area contributed by atoms with Crippen molar-refractivity contribution in [1.82, 2.24) is 9.97 Å². The number of aromatic nitrogens is 2. The van der Waals surface area contributed by atoms with Crippen molar-refractivity contribution in [2.75, 3.05) is 6.61 Å². The summed E-state index contributed by atoms with van der Waals surface area (Å²) in [5.41, 5.74) is 2.83. The van der Waals surface area contributed by atoms with Gasteiger partial charge in [-0.25, -0.2) is 9.37 Å². The number of hydrogen-bond acceptors (Lipinski definition) is 4. The Morgan fingerprint density at radius 3 is 2.74 bits per heavy atom. The third-order valence-corrected chi connectivity index (χ3v) is 6.03. The number of nitrogens with one attached hydrogen (secondary N) is 1. The molecule has 0 radical (unpaired) electrons. The molecule has 0 fully saturated rings. The number of allylic oxidation sites excluding steroid dienone is 1. The molecule has 0 saturated heterocycles. The molecule has 0 atom stereocenters. The third kappa shape index (κ3) is 5.36. The Labute approximate surface area is 213 Å². The number of nitrogens with zero attached hydrogens (tertiary/aromatic N) is 2. The van der Waals surface area contributed by atoms with Gasteiger partial charge in [-0.3, -0.25) is 0 Å². The van der Waals surface area contributed by atoms with Crippen LogP contribution in [0.4, 0.5) is 4.39 Å². The summed E-state index contributed by atoms with van der Waals surface area (Å²) in [6.07, 6.45) is 1.67. The molecule has 4 rings (SSSR count). The molecule has 1 heterocycles. The number of H-pyrrole nitrogens is 1. The van der Waals surface area contributed by atoms with E-state index >= 15 is 0 Å². The first-order valence-electron chi connectivity index (χ1n) is 10.2. The Kier molecular flexibility index (Phi) is 7.42. The normalized spacial score (nSPS) is 11.5. The molecule has 1 aromatic heterocycles. The van der Waals surface area contributed by atoms with E-state index in [0.29, 0.717) is 55.0 Å². The average Bonchev–Trinajstić information content (AvgIpc) is 3.21. The van der Waals surface area contributed by atoms with Crippen LogP contribution < -0.4 is 9.47 Å². The molecule has 34 heavy (non-hydrogen) atoms. The molecule has 9 heteroatoms. The molecular formula is C25H17BrCl2FN3O2. The maximum Gasteiger partial charge on any atom is 0.175 e. The van der Waals surface area contributed by atoms with E-state index in [9.17, 15) is 9.65 Å². The topological polar surface area (TPSA) is 70.9 Å². The van der Waals surface area contributed by atoms with Crippen molar-refractivity contribution in [1.29, 1.82) is 5.26 Å². The molecule has 0 unspecified atom stereocenters. The number of benzene rings is 3. The maximum absolute atomic E-state index is 13.5. The fraction of sp³-hybridized carbons (Fsp3) is 0.120. The molecule has 4 aromatic rings. The van der Waals surface area contributed by atoms with Crippen LogP contribution in [0.3, 0.4) is 0 Å². The van der Waals surface area contributed by atoms with Crippen molar-refractivity contribution >= 4 is 61.8 Å². The molecule has 0 bridgehead atoms. The summed E-state index contributed by atoms with van der Waals surface area (Å²) >= 11 is 15.8. The molecule has 172 valence electrons. The minimum atomic E-state index is -0.383. The van der Waals surface area contributed by atoms with Crippen molar-refractivity contribution in [2.24, 2.45) is 0 Å². The largest absolute Gasteiger partial charge is 0.490 e. The number of nitriles is 1. The zero-order chi connectivity index (χ0) is 24.2. The second-order valence-electron chi connectivity index (χ2n) is 7.20. The van der Waals surface area contributed by atoms with Gasteiger partial charge in [0.2, 0.25) is 0 Å². The lowest BCUT2D eigenvalue weighted by atomic mass is 10.1. The van der Waals surface area contributed by atoms with Gasteiger partial charge in [-0.05, 0) is 77.0 Å². The van der Waals surface area contributed by atoms with Crippen molar-refractivity contribution in [3.63, 3.8) is 0 Å². The quantitative estimate of drug-likeness (QED) is 0.234. The van der Waals surface area contributed by atoms with E-state index in [-0.39, 0.29) is 18.0 Å². The Balaban J connectivity index is 1.66. The van der Waals surface area contributed by atoms with Gasteiger partial charge in [-0.2, -0.15) is 5.26 Å². The van der Waals surface area contributed by atoms with E-state index in [4.69, 9.17) is 32.7 Å². The number of rotatable bonds is 7. The molecule has 0 saturated carbocycles. The summed E-state index contributed by atoms with van der Waals surface area (Å²) in [7, 11) is 0. The van der Waals surface area contributed by atoms with Crippen LogP contribution in [0.25, 0.3) is 22.7 Å². The fourth-order valence-corrected chi connectivity index (χ4v) is 4.33. The van der Waals surface area contributed by atoms with Gasteiger partial charge in [0.05, 0.1) is 27.7 Å². The molecule has 0 spiro atoms. The van der Waals surface area contributed by atoms with E-state index in [0.717, 1.165) is 5.56 Å². The summed E-state index contributed by atoms with van der Waals surface area (Å²) in [5, 5.41) is 10.8. The van der Waals surface area contributed by atoms with E-state index in [1.165, 1.54) is 12.1 Å². The predicted octanol–water partition coefficient (Wildman–Crippen LogP) is 7.81. The van der Waals surface area contributed by atoms with E-state index in [1.54, 1.807) is 42.5 Å². The highest BCUT2D eigenvalue weighted by Crippen LogP contribution is 2.39. The van der Waals surface area contributed by atoms with Crippen LogP contribution in [0.2, 0.25) is 10.0 Å². The molecule has 0 aliphatic heterocycles. The number of halogens is 4. The molecule has 0 aliphatic carbocycles. The lowest BCUT2D eigenvalue weighted by Gasteiger charge is -2.15. The predicted molar refractivity (Wildman–Crippen MR) is 136 cm³/mol. The lowest BCUT2D eigenvalue weighted by Crippen LogP contribution is -2.01. The first-order valence-corrected chi connectivity index (χ1v) is 11.7. The van der Waals surface area contributed by atoms with Crippen LogP contribution >= 0.6 is 39.1 Å². The van der Waals surface area contributed by atoms with Crippen molar-refractivity contribution in [3.8, 4) is 17.6 Å². The van der Waals surface area contributed by atoms with Gasteiger partial charge in [0.1, 0.15) is 24.3 Å². The van der Waals surface area contributed by atoms with Gasteiger partial charge in [0.25, 0.3) is 0 Å². The van der Waals surface area contributed by atoms with Gasteiger partial charge in [0.15, 0.2) is 11.5 Å². The molecule has 5 nitrogen and oxygen atoms in total. The SMILES string of the molecule is CCOc1cc(/C=C(/C#N)c2nc3ccc(F)cc3[nH]2)cc(Br)c1OCc1ccc(Cl)cc1Cl. The molecule has 3 aromatic carbocycles. The number of imidazole rings is 1. The van der Waals surface area contributed by atoms with Crippen molar-refractivity contribution < 1.29 is 13.9 Å². The molecular weight excluding hydrogens is 544 g/mol. The highest BCUT2D eigenvalue weighted by Gasteiger charge is 2.15. The third-order valence-electron chi connectivity index (χ3n) is 4.85. The van der Waals surface area contributed by atoms with Gasteiger partial charge < -0.3 is 14.5 Å². The Hall–Kier alpha value is -3.05. The highest BCUT2D eigenvalue weighted by molar-refractivity contribution is 9.10. The number of aromatic amines is 1. The summed E-state index contributed by atoms with van der Waals surface area (Å²) in [4.78, 5) is 7.38. The fourth-order valence-electron chi connectivity index (χ4n) is 3.29. The monoisotopic (exact) mass is 559 g/mol. The van der Waals surface area contributed by atoms with Crippen molar-refractivity contribution in [2.45, 2.75) is 13.5 Å². The smallest absolute Gasteiger partial charge is 0.175 e. The average molecular weight is 561 g/mol. The van der Waals surface area contributed by atoms with Crippen LogP contribution in [0.15, 0.2) is 53.0 Å². The Morgan fingerprint density at radius 2 is 2.00 bits per heavy atom. The molecule has 0 amide bonds. The van der Waals surface area contributed by atoms with E-state index in [1.807, 2.05) is 6.92 Å². The van der Waals surface area contributed by atoms with Crippen LogP contribution in [-0.4, -0.2) is 16.6 Å². The van der Waals surface area contributed by atoms with Crippen LogP contribution in [0, 0.1) is 17.1 Å². The minimum absolute atomic E-state index is 0.211. The van der Waals surface area contributed by atoms with E-state index in [2.05, 4.69) is 32.0 Å². The summed E-state index contributed by atoms with van der Waals surface area (Å²) < 4.78 is 26.0. The van der Waals surface area contributed by atoms with Crippen molar-refractivity contribution in [3.05, 3.63) is 85.8 Å². The lowest BCUT2D eigenvalue weighted by molar-refractivity contribution is 0.267. The van der Waals surface area contributed by atoms with Gasteiger partial charge >= 0.3 is 0 Å². The second-order valence-corrected chi connectivity index (χ2v) is 8.90. The molecule has 0 aliphatic rings. The summed E-state index contributed by atoms with van der Waals surface area (Å²) in [6.45, 7) is 2.49. The van der Waals surface area contributed by atoms with Crippen LogP contribution in [0.5, 0.6) is 11.5 Å². The van der Waals surface area contributed by atoms with Gasteiger partial charge in [-0.15, -0.1) is 0 Å². The number of ether oxygens (including phenoxy) is 2. The number of hydrogen-bond donors (Lipinski definition) is 1. The number of fused-ring (bicyclic) bond motifs is 1. The van der Waals surface area contributed by atoms with Crippen LogP contribution in [-0.2, 0) is 6.61 Å².